The number of guanidine groups is 1. The number of hydrogen-bond acceptors (Lipinski definition) is 5. The summed E-state index contributed by atoms with van der Waals surface area (Å²) in [5, 5.41) is 11.0. The van der Waals surface area contributed by atoms with E-state index in [-0.39, 0.29) is 0 Å². The summed E-state index contributed by atoms with van der Waals surface area (Å²) in [6.45, 7) is 5.81. The number of aromatic nitrogens is 2. The Morgan fingerprint density at radius 3 is 2.46 bits per heavy atom. The summed E-state index contributed by atoms with van der Waals surface area (Å²) in [4.78, 5) is 12.5. The Labute approximate surface area is 158 Å². The Bertz CT molecular complexity index is 709. The van der Waals surface area contributed by atoms with Gasteiger partial charge in [-0.05, 0) is 13.3 Å². The van der Waals surface area contributed by atoms with Crippen LogP contribution in [0.1, 0.15) is 35.3 Å². The second-order valence-electron chi connectivity index (χ2n) is 5.40. The monoisotopic (exact) mass is 405 g/mol. The van der Waals surface area contributed by atoms with Crippen molar-refractivity contribution in [3.63, 3.8) is 0 Å². The molecular formula is C16H22F3N5S2. The summed E-state index contributed by atoms with van der Waals surface area (Å²) >= 11 is 2.68. The molecule has 2 N–H and O–H groups in total. The van der Waals surface area contributed by atoms with Crippen molar-refractivity contribution in [2.75, 3.05) is 19.6 Å². The molecule has 0 bridgehead atoms. The van der Waals surface area contributed by atoms with E-state index in [9.17, 15) is 13.2 Å². The zero-order chi connectivity index (χ0) is 19.0. The van der Waals surface area contributed by atoms with Gasteiger partial charge in [0, 0.05) is 43.2 Å². The van der Waals surface area contributed by atoms with Crippen molar-refractivity contribution >= 4 is 28.6 Å². The van der Waals surface area contributed by atoms with Crippen LogP contribution in [0, 0.1) is 0 Å². The van der Waals surface area contributed by atoms with Gasteiger partial charge in [0.1, 0.15) is 0 Å². The van der Waals surface area contributed by atoms with Gasteiger partial charge in [-0.1, -0.05) is 6.92 Å². The molecule has 0 aliphatic rings. The van der Waals surface area contributed by atoms with Crippen molar-refractivity contribution in [1.82, 2.24) is 20.6 Å². The normalized spacial score (nSPS) is 12.4. The maximum absolute atomic E-state index is 12.5. The third-order valence-corrected chi connectivity index (χ3v) is 5.31. The maximum Gasteiger partial charge on any atom is 0.434 e. The van der Waals surface area contributed by atoms with Gasteiger partial charge in [0.2, 0.25) is 0 Å². The summed E-state index contributed by atoms with van der Waals surface area (Å²) in [5.74, 6) is 0.644. The van der Waals surface area contributed by atoms with Gasteiger partial charge in [0.15, 0.2) is 11.7 Å². The van der Waals surface area contributed by atoms with Crippen LogP contribution >= 0.6 is 22.7 Å². The lowest BCUT2D eigenvalue weighted by atomic mass is 10.3. The van der Waals surface area contributed by atoms with E-state index in [1.54, 1.807) is 11.3 Å². The van der Waals surface area contributed by atoms with E-state index in [4.69, 9.17) is 0 Å². The Hall–Kier alpha value is -1.68. The third kappa shape index (κ3) is 6.56. The molecule has 2 aromatic rings. The Balaban J connectivity index is 1.81. The van der Waals surface area contributed by atoms with Gasteiger partial charge in [-0.3, -0.25) is 4.99 Å². The largest absolute Gasteiger partial charge is 0.434 e. The number of alkyl halides is 3. The first-order chi connectivity index (χ1) is 12.4. The van der Waals surface area contributed by atoms with Gasteiger partial charge < -0.3 is 10.6 Å². The molecule has 0 amide bonds. The van der Waals surface area contributed by atoms with E-state index in [1.807, 2.05) is 6.92 Å². The molecule has 2 aromatic heterocycles. The van der Waals surface area contributed by atoms with Crippen LogP contribution in [0.15, 0.2) is 15.8 Å². The molecule has 0 aliphatic heterocycles. The average molecular weight is 406 g/mol. The molecule has 0 saturated carbocycles. The van der Waals surface area contributed by atoms with E-state index in [1.165, 1.54) is 0 Å². The molecule has 144 valence electrons. The van der Waals surface area contributed by atoms with Crippen LogP contribution in [-0.2, 0) is 25.4 Å². The fraction of sp³-hybridized carbons (Fsp3) is 0.562. The fourth-order valence-corrected chi connectivity index (χ4v) is 3.67. The first kappa shape index (κ1) is 20.6. The minimum atomic E-state index is -4.39. The fourth-order valence-electron chi connectivity index (χ4n) is 2.10. The average Bonchev–Trinajstić information content (AvgIpc) is 3.23. The Morgan fingerprint density at radius 2 is 1.85 bits per heavy atom. The predicted molar refractivity (Wildman–Crippen MR) is 100.0 cm³/mol. The number of aryl methyl sites for hydroxylation is 1. The van der Waals surface area contributed by atoms with Crippen LogP contribution in [0.2, 0.25) is 0 Å². The molecule has 10 heteroatoms. The lowest BCUT2D eigenvalue weighted by molar-refractivity contribution is -0.140. The highest BCUT2D eigenvalue weighted by atomic mass is 32.1. The summed E-state index contributed by atoms with van der Waals surface area (Å²) in [7, 11) is 0. The molecular weight excluding hydrogens is 383 g/mol. The van der Waals surface area contributed by atoms with E-state index < -0.39 is 11.9 Å². The van der Waals surface area contributed by atoms with Crippen molar-refractivity contribution in [2.45, 2.75) is 39.3 Å². The van der Waals surface area contributed by atoms with Crippen LogP contribution in [0.3, 0.4) is 0 Å². The second kappa shape index (κ2) is 9.86. The minimum absolute atomic E-state index is 0.372. The summed E-state index contributed by atoms with van der Waals surface area (Å²) in [6, 6.07) is 0. The van der Waals surface area contributed by atoms with Gasteiger partial charge in [0.05, 0.1) is 15.7 Å². The summed E-state index contributed by atoms with van der Waals surface area (Å²) < 4.78 is 37.6. The third-order valence-electron chi connectivity index (χ3n) is 3.36. The molecule has 0 unspecified atom stereocenters. The second-order valence-corrected chi connectivity index (χ2v) is 7.28. The number of nitrogens with one attached hydrogen (secondary N) is 2. The standard InChI is InChI=1S/C16H22F3N5S2/c1-3-13-23-11(9-25-13)5-7-21-15(20-4-2)22-8-6-14-24-12(10-26-14)16(17,18)19/h9-10H,3-8H2,1-2H3,(H2,20,21,22). The van der Waals surface area contributed by atoms with Crippen molar-refractivity contribution in [2.24, 2.45) is 4.99 Å². The van der Waals surface area contributed by atoms with Crippen molar-refractivity contribution in [3.8, 4) is 0 Å². The van der Waals surface area contributed by atoms with Crippen LogP contribution in [0.4, 0.5) is 13.2 Å². The van der Waals surface area contributed by atoms with Crippen molar-refractivity contribution in [1.29, 1.82) is 0 Å². The van der Waals surface area contributed by atoms with Gasteiger partial charge in [0.25, 0.3) is 0 Å². The van der Waals surface area contributed by atoms with E-state index in [2.05, 4.69) is 37.9 Å². The molecule has 0 radical (unpaired) electrons. The van der Waals surface area contributed by atoms with Gasteiger partial charge in [-0.15, -0.1) is 22.7 Å². The van der Waals surface area contributed by atoms with Crippen LogP contribution in [0.25, 0.3) is 0 Å². The van der Waals surface area contributed by atoms with Crippen molar-refractivity contribution in [3.05, 3.63) is 32.2 Å². The topological polar surface area (TPSA) is 62.2 Å². The molecule has 0 saturated heterocycles. The lowest BCUT2D eigenvalue weighted by Gasteiger charge is -2.10. The summed E-state index contributed by atoms with van der Waals surface area (Å²) in [5.41, 5.74) is 0.221. The van der Waals surface area contributed by atoms with Crippen LogP contribution < -0.4 is 10.6 Å². The number of rotatable bonds is 8. The Kier molecular flexibility index (Phi) is 7.83. The Morgan fingerprint density at radius 1 is 1.08 bits per heavy atom. The number of nitrogens with zero attached hydrogens (tertiary/aromatic N) is 3. The van der Waals surface area contributed by atoms with Gasteiger partial charge >= 0.3 is 6.18 Å². The molecule has 5 nitrogen and oxygen atoms in total. The zero-order valence-electron chi connectivity index (χ0n) is 14.7. The molecule has 0 fully saturated rings. The van der Waals surface area contributed by atoms with Gasteiger partial charge in [-0.25, -0.2) is 9.97 Å². The molecule has 0 atom stereocenters. The predicted octanol–water partition coefficient (Wildman–Crippen LogP) is 3.52. The molecule has 2 heterocycles. The molecule has 0 aliphatic carbocycles. The molecule has 2 rings (SSSR count). The van der Waals surface area contributed by atoms with Crippen molar-refractivity contribution < 1.29 is 13.2 Å². The first-order valence-electron chi connectivity index (χ1n) is 8.39. The highest BCUT2D eigenvalue weighted by molar-refractivity contribution is 7.09. The van der Waals surface area contributed by atoms with E-state index >= 15 is 0 Å². The minimum Gasteiger partial charge on any atom is -0.357 e. The lowest BCUT2D eigenvalue weighted by Crippen LogP contribution is -2.38. The number of halogens is 3. The zero-order valence-corrected chi connectivity index (χ0v) is 16.3. The molecule has 26 heavy (non-hydrogen) atoms. The van der Waals surface area contributed by atoms with E-state index in [0.717, 1.165) is 40.3 Å². The molecule has 0 spiro atoms. The number of thiazole rings is 2. The number of aliphatic imine (C=N–C) groups is 1. The number of hydrogen-bond donors (Lipinski definition) is 2. The maximum atomic E-state index is 12.5. The summed E-state index contributed by atoms with van der Waals surface area (Å²) in [6.07, 6.45) is -2.28. The first-order valence-corrected chi connectivity index (χ1v) is 10.1. The highest BCUT2D eigenvalue weighted by Crippen LogP contribution is 2.30. The van der Waals surface area contributed by atoms with Crippen LogP contribution in [-0.4, -0.2) is 35.6 Å². The SMILES string of the molecule is CCNC(=NCCc1nc(C(F)(F)F)cs1)NCCc1csc(CC)n1. The van der Waals surface area contributed by atoms with Crippen LogP contribution in [0.5, 0.6) is 0 Å². The van der Waals surface area contributed by atoms with Gasteiger partial charge in [-0.2, -0.15) is 13.2 Å². The molecule has 0 aromatic carbocycles. The smallest absolute Gasteiger partial charge is 0.357 e. The quantitative estimate of drug-likeness (QED) is 0.521. The van der Waals surface area contributed by atoms with E-state index in [0.29, 0.717) is 37.0 Å². The highest BCUT2D eigenvalue weighted by Gasteiger charge is 2.33.